The number of nitrogens with one attached hydrogen (secondary N) is 1. The number of aromatic nitrogens is 2. The van der Waals surface area contributed by atoms with Gasteiger partial charge in [0.25, 0.3) is 0 Å². The van der Waals surface area contributed by atoms with Crippen LogP contribution in [0.25, 0.3) is 11.0 Å². The van der Waals surface area contributed by atoms with Gasteiger partial charge in [0.05, 0.1) is 17.6 Å². The summed E-state index contributed by atoms with van der Waals surface area (Å²) in [6, 6.07) is 11.6. The molecular formula is C20H20BrN3O2. The Kier molecular flexibility index (Phi) is 5.52. The molecule has 1 aromatic heterocycles. The van der Waals surface area contributed by atoms with Crippen molar-refractivity contribution in [2.45, 2.75) is 27.2 Å². The van der Waals surface area contributed by atoms with Crippen molar-refractivity contribution >= 4 is 44.4 Å². The van der Waals surface area contributed by atoms with Gasteiger partial charge in [0.15, 0.2) is 11.5 Å². The van der Waals surface area contributed by atoms with Crippen molar-refractivity contribution < 1.29 is 9.53 Å². The first-order chi connectivity index (χ1) is 12.5. The first-order valence-corrected chi connectivity index (χ1v) is 9.26. The van der Waals surface area contributed by atoms with E-state index in [1.165, 1.54) is 0 Å². The maximum absolute atomic E-state index is 12.5. The lowest BCUT2D eigenvalue weighted by atomic mass is 10.1. The lowest BCUT2D eigenvalue weighted by molar-refractivity contribution is 0.0499. The van der Waals surface area contributed by atoms with Crippen molar-refractivity contribution in [2.24, 2.45) is 0 Å². The van der Waals surface area contributed by atoms with Gasteiger partial charge in [0, 0.05) is 10.2 Å². The molecule has 6 heteroatoms. The Bertz CT molecular complexity index is 955. The smallest absolute Gasteiger partial charge is 0.360 e. The number of anilines is 2. The zero-order valence-electron chi connectivity index (χ0n) is 15.0. The van der Waals surface area contributed by atoms with Gasteiger partial charge in [0.2, 0.25) is 0 Å². The van der Waals surface area contributed by atoms with E-state index in [1.54, 1.807) is 0 Å². The van der Waals surface area contributed by atoms with Crippen LogP contribution in [0.3, 0.4) is 0 Å². The van der Waals surface area contributed by atoms with E-state index in [2.05, 4.69) is 31.2 Å². The van der Waals surface area contributed by atoms with E-state index in [0.29, 0.717) is 17.9 Å². The molecule has 0 saturated carbocycles. The van der Waals surface area contributed by atoms with Gasteiger partial charge in [-0.3, -0.25) is 0 Å². The van der Waals surface area contributed by atoms with Gasteiger partial charge >= 0.3 is 5.97 Å². The number of aryl methyl sites for hydroxylation is 2. The number of esters is 1. The second kappa shape index (κ2) is 7.83. The summed E-state index contributed by atoms with van der Waals surface area (Å²) in [5.41, 5.74) is 4.65. The van der Waals surface area contributed by atoms with Crippen LogP contribution in [0, 0.1) is 13.8 Å². The number of carbonyl (C=O) groups excluding carboxylic acids is 1. The molecule has 3 rings (SSSR count). The van der Waals surface area contributed by atoms with Crippen molar-refractivity contribution in [1.82, 2.24) is 9.97 Å². The molecule has 26 heavy (non-hydrogen) atoms. The summed E-state index contributed by atoms with van der Waals surface area (Å²) in [7, 11) is 0. The molecule has 0 bridgehead atoms. The van der Waals surface area contributed by atoms with Crippen molar-refractivity contribution in [3.8, 4) is 0 Å². The van der Waals surface area contributed by atoms with Crippen molar-refractivity contribution in [1.29, 1.82) is 0 Å². The quantitative estimate of drug-likeness (QED) is 0.573. The van der Waals surface area contributed by atoms with Crippen LogP contribution in [0.1, 0.15) is 35.0 Å². The highest BCUT2D eigenvalue weighted by Gasteiger charge is 2.18. The molecule has 0 spiro atoms. The van der Waals surface area contributed by atoms with E-state index in [4.69, 9.17) is 4.74 Å². The minimum atomic E-state index is -0.473. The van der Waals surface area contributed by atoms with Crippen LogP contribution in [0.5, 0.6) is 0 Å². The van der Waals surface area contributed by atoms with Crippen LogP contribution < -0.4 is 5.32 Å². The minimum absolute atomic E-state index is 0.192. The van der Waals surface area contributed by atoms with Gasteiger partial charge in [-0.15, -0.1) is 0 Å². The fourth-order valence-electron chi connectivity index (χ4n) is 2.47. The fourth-order valence-corrected chi connectivity index (χ4v) is 2.74. The molecule has 5 nitrogen and oxygen atoms in total. The predicted molar refractivity (Wildman–Crippen MR) is 107 cm³/mol. The Hall–Kier alpha value is -2.47. The molecule has 0 aliphatic heterocycles. The van der Waals surface area contributed by atoms with Gasteiger partial charge in [0.1, 0.15) is 0 Å². The summed E-state index contributed by atoms with van der Waals surface area (Å²) in [4.78, 5) is 21.7. The number of hydrogen-bond donors (Lipinski definition) is 1. The summed E-state index contributed by atoms with van der Waals surface area (Å²) >= 11 is 3.41. The number of benzene rings is 2. The number of halogens is 1. The summed E-state index contributed by atoms with van der Waals surface area (Å²) in [5, 5.41) is 3.19. The summed E-state index contributed by atoms with van der Waals surface area (Å²) in [5.74, 6) is -0.0803. The van der Waals surface area contributed by atoms with E-state index >= 15 is 0 Å². The molecule has 2 aromatic carbocycles. The average Bonchev–Trinajstić information content (AvgIpc) is 2.62. The van der Waals surface area contributed by atoms with Crippen LogP contribution in [0.15, 0.2) is 40.9 Å². The Morgan fingerprint density at radius 2 is 1.69 bits per heavy atom. The number of rotatable bonds is 5. The van der Waals surface area contributed by atoms with Gasteiger partial charge in [-0.2, -0.15) is 0 Å². The highest BCUT2D eigenvalue weighted by molar-refractivity contribution is 9.10. The second-order valence-corrected chi connectivity index (χ2v) is 7.03. The highest BCUT2D eigenvalue weighted by atomic mass is 79.9. The standard InChI is InChI=1S/C20H20BrN3O2/c1-4-9-26-20(25)18-19(22-15-7-5-14(21)6-8-15)24-17-11-13(3)12(2)10-16(17)23-18/h5-8,10-11H,4,9H2,1-3H3,(H,22,24). The predicted octanol–water partition coefficient (Wildman–Crippen LogP) is 5.32. The normalized spacial score (nSPS) is 10.8. The molecule has 0 radical (unpaired) electrons. The van der Waals surface area contributed by atoms with E-state index in [9.17, 15) is 4.79 Å². The molecule has 0 fully saturated rings. The van der Waals surface area contributed by atoms with E-state index in [-0.39, 0.29) is 5.69 Å². The summed E-state index contributed by atoms with van der Waals surface area (Å²) < 4.78 is 6.26. The number of fused-ring (bicyclic) bond motifs is 1. The molecular weight excluding hydrogens is 394 g/mol. The number of nitrogens with zero attached hydrogens (tertiary/aromatic N) is 2. The van der Waals surface area contributed by atoms with Crippen molar-refractivity contribution in [3.63, 3.8) is 0 Å². The fraction of sp³-hybridized carbons (Fsp3) is 0.250. The van der Waals surface area contributed by atoms with E-state index < -0.39 is 5.97 Å². The minimum Gasteiger partial charge on any atom is -0.461 e. The van der Waals surface area contributed by atoms with Gasteiger partial charge in [-0.1, -0.05) is 22.9 Å². The molecule has 0 saturated heterocycles. The molecule has 134 valence electrons. The maximum atomic E-state index is 12.5. The van der Waals surface area contributed by atoms with E-state index in [0.717, 1.165) is 33.2 Å². The van der Waals surface area contributed by atoms with Gasteiger partial charge in [-0.25, -0.2) is 14.8 Å². The molecule has 0 atom stereocenters. The first kappa shape index (κ1) is 18.3. The molecule has 0 amide bonds. The Morgan fingerprint density at radius 3 is 2.31 bits per heavy atom. The average molecular weight is 414 g/mol. The Morgan fingerprint density at radius 1 is 1.08 bits per heavy atom. The molecule has 0 aliphatic carbocycles. The number of ether oxygens (including phenoxy) is 1. The Balaban J connectivity index is 2.08. The molecule has 0 aliphatic rings. The first-order valence-electron chi connectivity index (χ1n) is 8.46. The Labute approximate surface area is 160 Å². The lowest BCUT2D eigenvalue weighted by Crippen LogP contribution is -2.13. The van der Waals surface area contributed by atoms with E-state index in [1.807, 2.05) is 57.2 Å². The highest BCUT2D eigenvalue weighted by Crippen LogP contribution is 2.25. The summed E-state index contributed by atoms with van der Waals surface area (Å²) in [6.45, 7) is 6.34. The van der Waals surface area contributed by atoms with Crippen LogP contribution in [-0.2, 0) is 4.74 Å². The maximum Gasteiger partial charge on any atom is 0.360 e. The van der Waals surface area contributed by atoms with Crippen molar-refractivity contribution in [2.75, 3.05) is 11.9 Å². The zero-order chi connectivity index (χ0) is 18.7. The number of carbonyl (C=O) groups is 1. The second-order valence-electron chi connectivity index (χ2n) is 6.11. The molecule has 0 unspecified atom stereocenters. The molecule has 1 N–H and O–H groups in total. The summed E-state index contributed by atoms with van der Waals surface area (Å²) in [6.07, 6.45) is 0.751. The van der Waals surface area contributed by atoms with Crippen LogP contribution in [0.4, 0.5) is 11.5 Å². The third-order valence-corrected chi connectivity index (χ3v) is 4.55. The largest absolute Gasteiger partial charge is 0.461 e. The lowest BCUT2D eigenvalue weighted by Gasteiger charge is -2.12. The molecule has 1 heterocycles. The van der Waals surface area contributed by atoms with Crippen LogP contribution in [0.2, 0.25) is 0 Å². The van der Waals surface area contributed by atoms with Gasteiger partial charge in [-0.05, 0) is 67.8 Å². The zero-order valence-corrected chi connectivity index (χ0v) is 16.6. The third-order valence-electron chi connectivity index (χ3n) is 4.02. The van der Waals surface area contributed by atoms with Gasteiger partial charge < -0.3 is 10.1 Å². The third kappa shape index (κ3) is 4.02. The van der Waals surface area contributed by atoms with Crippen LogP contribution >= 0.6 is 15.9 Å². The van der Waals surface area contributed by atoms with Crippen LogP contribution in [-0.4, -0.2) is 22.5 Å². The number of hydrogen-bond acceptors (Lipinski definition) is 5. The monoisotopic (exact) mass is 413 g/mol. The topological polar surface area (TPSA) is 64.1 Å². The van der Waals surface area contributed by atoms with Crippen molar-refractivity contribution in [3.05, 3.63) is 57.7 Å². The molecule has 3 aromatic rings. The SMILES string of the molecule is CCCOC(=O)c1nc2cc(C)c(C)cc2nc1Nc1ccc(Br)cc1.